The van der Waals surface area contributed by atoms with Gasteiger partial charge in [0.05, 0.1) is 33.9 Å². The normalized spacial score (nSPS) is 15.0. The number of amides is 1. The molecule has 0 aliphatic heterocycles. The summed E-state index contributed by atoms with van der Waals surface area (Å²) in [5.74, 6) is -0.326. The van der Waals surface area contributed by atoms with E-state index in [2.05, 4.69) is 38.8 Å². The van der Waals surface area contributed by atoms with Crippen molar-refractivity contribution in [3.8, 4) is 0 Å². The van der Waals surface area contributed by atoms with Crippen LogP contribution < -0.4 is 5.32 Å². The number of aromatic nitrogens is 3. The molecule has 1 aromatic carbocycles. The Morgan fingerprint density at radius 1 is 1.14 bits per heavy atom. The number of hydrogen-bond acceptors (Lipinski definition) is 6. The van der Waals surface area contributed by atoms with E-state index in [0.717, 1.165) is 48.6 Å². The third-order valence-electron chi connectivity index (χ3n) is 6.52. The number of pyridine rings is 2. The number of aryl methyl sites for hydroxylation is 2. The number of thiazole rings is 1. The number of benzene rings is 1. The summed E-state index contributed by atoms with van der Waals surface area (Å²) in [6, 6.07) is 12.8. The lowest BCUT2D eigenvalue weighted by Crippen LogP contribution is -2.31. The van der Waals surface area contributed by atoms with E-state index in [4.69, 9.17) is 33.2 Å². The Balaban J connectivity index is 1.35. The van der Waals surface area contributed by atoms with Gasteiger partial charge in [-0.1, -0.05) is 53.5 Å². The zero-order chi connectivity index (χ0) is 25.8. The highest BCUT2D eigenvalue weighted by molar-refractivity contribution is 7.09. The molecule has 4 aromatic rings. The van der Waals surface area contributed by atoms with Crippen molar-refractivity contribution in [2.45, 2.75) is 51.9 Å². The van der Waals surface area contributed by atoms with Crippen molar-refractivity contribution < 1.29 is 4.79 Å². The molecule has 190 valence electrons. The summed E-state index contributed by atoms with van der Waals surface area (Å²) in [7, 11) is 0. The maximum absolute atomic E-state index is 12.7. The van der Waals surface area contributed by atoms with E-state index in [0.29, 0.717) is 6.54 Å². The molecule has 1 aliphatic carbocycles. The van der Waals surface area contributed by atoms with Gasteiger partial charge in [0.25, 0.3) is 5.91 Å². The molecule has 6 nitrogen and oxygen atoms in total. The molecule has 1 atom stereocenters. The summed E-state index contributed by atoms with van der Waals surface area (Å²) in [4.78, 5) is 28.6. The molecule has 0 saturated heterocycles. The third kappa shape index (κ3) is 6.18. The zero-order valence-electron chi connectivity index (χ0n) is 20.5. The van der Waals surface area contributed by atoms with Gasteiger partial charge in [0, 0.05) is 42.8 Å². The summed E-state index contributed by atoms with van der Waals surface area (Å²) in [5, 5.41) is 6.60. The van der Waals surface area contributed by atoms with Crippen LogP contribution in [0.5, 0.6) is 0 Å². The van der Waals surface area contributed by atoms with Gasteiger partial charge < -0.3 is 5.32 Å². The van der Waals surface area contributed by atoms with Crippen LogP contribution in [0.15, 0.2) is 60.4 Å². The smallest absolute Gasteiger partial charge is 0.254 e. The molecule has 9 heteroatoms. The maximum atomic E-state index is 12.7. The molecule has 1 aliphatic rings. The van der Waals surface area contributed by atoms with Crippen molar-refractivity contribution >= 4 is 40.4 Å². The third-order valence-corrected chi connectivity index (χ3v) is 8.05. The predicted octanol–water partition coefficient (Wildman–Crippen LogP) is 6.56. The lowest BCUT2D eigenvalue weighted by Gasteiger charge is -2.34. The molecular weight excluding hydrogens is 525 g/mol. The maximum Gasteiger partial charge on any atom is 0.254 e. The number of hydrogen-bond donors (Lipinski definition) is 1. The van der Waals surface area contributed by atoms with E-state index in [-0.39, 0.29) is 27.6 Å². The van der Waals surface area contributed by atoms with E-state index in [1.807, 2.05) is 31.3 Å². The Morgan fingerprint density at radius 2 is 1.95 bits per heavy atom. The molecule has 0 fully saturated rings. The number of nitrogens with one attached hydrogen (secondary N) is 1. The Morgan fingerprint density at radius 3 is 2.73 bits per heavy atom. The van der Waals surface area contributed by atoms with E-state index in [1.165, 1.54) is 29.2 Å². The van der Waals surface area contributed by atoms with Crippen molar-refractivity contribution in [2.75, 3.05) is 0 Å². The van der Waals surface area contributed by atoms with Crippen molar-refractivity contribution in [3.05, 3.63) is 109 Å². The quantitative estimate of drug-likeness (QED) is 0.268. The first-order chi connectivity index (χ1) is 18.0. The molecule has 37 heavy (non-hydrogen) atoms. The largest absolute Gasteiger partial charge is 0.348 e. The van der Waals surface area contributed by atoms with Crippen LogP contribution in [0.2, 0.25) is 10.0 Å². The number of carbonyl (C=O) groups is 1. The highest BCUT2D eigenvalue weighted by atomic mass is 35.5. The van der Waals surface area contributed by atoms with Gasteiger partial charge in [-0.25, -0.2) is 4.98 Å². The van der Waals surface area contributed by atoms with Crippen LogP contribution in [0.4, 0.5) is 0 Å². The van der Waals surface area contributed by atoms with Gasteiger partial charge in [0.2, 0.25) is 0 Å². The lowest BCUT2D eigenvalue weighted by atomic mass is 9.90. The fourth-order valence-electron chi connectivity index (χ4n) is 4.84. The van der Waals surface area contributed by atoms with Gasteiger partial charge in [-0.2, -0.15) is 0 Å². The Bertz CT molecular complexity index is 1390. The van der Waals surface area contributed by atoms with Crippen LogP contribution in [-0.2, 0) is 26.1 Å². The summed E-state index contributed by atoms with van der Waals surface area (Å²) < 4.78 is 0. The summed E-state index contributed by atoms with van der Waals surface area (Å²) in [5.41, 5.74) is 5.97. The molecule has 3 aromatic heterocycles. The molecule has 5 rings (SSSR count). The van der Waals surface area contributed by atoms with Crippen molar-refractivity contribution in [1.82, 2.24) is 25.2 Å². The fraction of sp³-hybridized carbons (Fsp3) is 0.286. The van der Waals surface area contributed by atoms with E-state index in [1.54, 1.807) is 11.3 Å². The second-order valence-electron chi connectivity index (χ2n) is 9.22. The van der Waals surface area contributed by atoms with Gasteiger partial charge in [-0.05, 0) is 48.9 Å². The molecular formula is C28H27Cl2N5OS. The van der Waals surface area contributed by atoms with Crippen molar-refractivity contribution in [3.63, 3.8) is 0 Å². The standard InChI is InChI=1S/C28H27Cl2N5OS/c1-18-17-37-25(34-18)16-35(24-9-3-7-21-8-4-10-32-27(21)24)15-20-6-2-5-19(11-20)12-33-28(36)26-22(29)13-31-14-23(26)30/h2,4-6,8,10-11,13-14,17,24H,3,7,9,12,15-16H2,1H3,(H,33,36). The predicted molar refractivity (Wildman–Crippen MR) is 148 cm³/mol. The van der Waals surface area contributed by atoms with E-state index < -0.39 is 0 Å². The highest BCUT2D eigenvalue weighted by Crippen LogP contribution is 2.35. The van der Waals surface area contributed by atoms with Crippen LogP contribution in [0, 0.1) is 6.92 Å². The first-order valence-corrected chi connectivity index (χ1v) is 13.9. The van der Waals surface area contributed by atoms with Gasteiger partial charge >= 0.3 is 0 Å². The van der Waals surface area contributed by atoms with Gasteiger partial charge in [0.15, 0.2) is 0 Å². The number of rotatable bonds is 8. The average molecular weight is 553 g/mol. The first-order valence-electron chi connectivity index (χ1n) is 12.2. The average Bonchev–Trinajstić information content (AvgIpc) is 3.31. The van der Waals surface area contributed by atoms with Crippen molar-refractivity contribution in [1.29, 1.82) is 0 Å². The minimum atomic E-state index is -0.326. The zero-order valence-corrected chi connectivity index (χ0v) is 22.8. The van der Waals surface area contributed by atoms with E-state index in [9.17, 15) is 4.79 Å². The Labute approximate surface area is 230 Å². The summed E-state index contributed by atoms with van der Waals surface area (Å²) in [6.45, 7) is 3.91. The molecule has 1 amide bonds. The van der Waals surface area contributed by atoms with Crippen LogP contribution in [0.3, 0.4) is 0 Å². The van der Waals surface area contributed by atoms with Crippen LogP contribution in [0.25, 0.3) is 0 Å². The molecule has 0 bridgehead atoms. The molecule has 0 radical (unpaired) electrons. The SMILES string of the molecule is Cc1csc(CN(Cc2cccc(CNC(=O)c3c(Cl)cncc3Cl)c2)C2CCCc3cccnc32)n1. The number of nitrogens with zero attached hydrogens (tertiary/aromatic N) is 4. The highest BCUT2D eigenvalue weighted by Gasteiger charge is 2.28. The number of fused-ring (bicyclic) bond motifs is 1. The van der Waals surface area contributed by atoms with Gasteiger partial charge in [-0.3, -0.25) is 19.7 Å². The molecule has 1 unspecified atom stereocenters. The fourth-order valence-corrected chi connectivity index (χ4v) is 6.17. The first kappa shape index (κ1) is 25.8. The van der Waals surface area contributed by atoms with E-state index >= 15 is 0 Å². The monoisotopic (exact) mass is 551 g/mol. The molecule has 3 heterocycles. The van der Waals surface area contributed by atoms with Gasteiger partial charge in [-0.15, -0.1) is 11.3 Å². The van der Waals surface area contributed by atoms with Crippen LogP contribution in [-0.4, -0.2) is 25.8 Å². The Kier molecular flexibility index (Phi) is 8.15. The van der Waals surface area contributed by atoms with Gasteiger partial charge in [0.1, 0.15) is 5.01 Å². The molecule has 0 spiro atoms. The minimum Gasteiger partial charge on any atom is -0.348 e. The number of carbonyl (C=O) groups excluding carboxylic acids is 1. The Hall–Kier alpha value is -2.84. The molecule has 1 N–H and O–H groups in total. The van der Waals surface area contributed by atoms with Crippen molar-refractivity contribution in [2.24, 2.45) is 0 Å². The minimum absolute atomic E-state index is 0.230. The molecule has 0 saturated carbocycles. The van der Waals surface area contributed by atoms with Crippen LogP contribution >= 0.6 is 34.5 Å². The lowest BCUT2D eigenvalue weighted by molar-refractivity contribution is 0.0951. The van der Waals surface area contributed by atoms with Crippen LogP contribution in [0.1, 0.15) is 62.3 Å². The topological polar surface area (TPSA) is 71.0 Å². The summed E-state index contributed by atoms with van der Waals surface area (Å²) >= 11 is 14.0. The number of halogens is 2. The second-order valence-corrected chi connectivity index (χ2v) is 11.0. The second kappa shape index (κ2) is 11.7. The summed E-state index contributed by atoms with van der Waals surface area (Å²) in [6.07, 6.45) is 8.01.